The minimum Gasteiger partial charge on any atom is -0.375 e. The number of nitrogens with zero attached hydrogens (tertiary/aromatic N) is 2. The van der Waals surface area contributed by atoms with Gasteiger partial charge in [0.05, 0.1) is 19.4 Å². The smallest absolute Gasteiger partial charge is 0.0748 e. The fourth-order valence-corrected chi connectivity index (χ4v) is 0.978. The van der Waals surface area contributed by atoms with E-state index in [4.69, 9.17) is 10.5 Å². The van der Waals surface area contributed by atoms with Crippen molar-refractivity contribution in [3.05, 3.63) is 18.0 Å². The Morgan fingerprint density at radius 2 is 2.31 bits per heavy atom. The van der Waals surface area contributed by atoms with Crippen LogP contribution in [0.3, 0.4) is 0 Å². The molecule has 1 rings (SSSR count). The van der Waals surface area contributed by atoms with Crippen molar-refractivity contribution in [1.29, 1.82) is 0 Å². The van der Waals surface area contributed by atoms with Crippen molar-refractivity contribution < 1.29 is 4.74 Å². The summed E-state index contributed by atoms with van der Waals surface area (Å²) in [7, 11) is 1.89. The van der Waals surface area contributed by atoms with Crippen LogP contribution in [-0.2, 0) is 18.4 Å². The Hall–Kier alpha value is -0.870. The second-order valence-corrected chi connectivity index (χ2v) is 4.00. The molecule has 1 aromatic heterocycles. The Kier molecular flexibility index (Phi) is 3.06. The lowest BCUT2D eigenvalue weighted by atomic mass is 10.1. The standard InChI is InChI=1S/C9H17N3O/c1-9(2,10)7-13-6-8-4-11-12(3)5-8/h4-5H,6-7,10H2,1-3H3. The second kappa shape index (κ2) is 3.89. The van der Waals surface area contributed by atoms with Gasteiger partial charge in [0.25, 0.3) is 0 Å². The van der Waals surface area contributed by atoms with Gasteiger partial charge in [-0.25, -0.2) is 0 Å². The number of ether oxygens (including phenoxy) is 1. The van der Waals surface area contributed by atoms with Crippen molar-refractivity contribution in [2.75, 3.05) is 6.61 Å². The third kappa shape index (κ3) is 4.05. The van der Waals surface area contributed by atoms with Gasteiger partial charge in [0.2, 0.25) is 0 Å². The lowest BCUT2D eigenvalue weighted by Crippen LogP contribution is -2.37. The van der Waals surface area contributed by atoms with Crippen LogP contribution in [0.1, 0.15) is 19.4 Å². The van der Waals surface area contributed by atoms with E-state index in [2.05, 4.69) is 5.10 Å². The number of hydrogen-bond acceptors (Lipinski definition) is 3. The van der Waals surface area contributed by atoms with Crippen LogP contribution in [-0.4, -0.2) is 21.9 Å². The molecule has 1 heterocycles. The maximum absolute atomic E-state index is 5.76. The molecule has 1 aromatic rings. The van der Waals surface area contributed by atoms with Crippen molar-refractivity contribution in [2.24, 2.45) is 12.8 Å². The molecule has 0 aliphatic heterocycles. The number of aromatic nitrogens is 2. The first kappa shape index (κ1) is 10.2. The van der Waals surface area contributed by atoms with E-state index in [9.17, 15) is 0 Å². The van der Waals surface area contributed by atoms with E-state index in [1.807, 2.05) is 27.1 Å². The number of hydrogen-bond donors (Lipinski definition) is 1. The van der Waals surface area contributed by atoms with Gasteiger partial charge in [-0.1, -0.05) is 0 Å². The van der Waals surface area contributed by atoms with Gasteiger partial charge in [0.1, 0.15) is 0 Å². The highest BCUT2D eigenvalue weighted by Crippen LogP contribution is 2.02. The first-order chi connectivity index (χ1) is 5.97. The molecule has 0 spiro atoms. The quantitative estimate of drug-likeness (QED) is 0.746. The highest BCUT2D eigenvalue weighted by atomic mass is 16.5. The van der Waals surface area contributed by atoms with Crippen molar-refractivity contribution in [2.45, 2.75) is 26.0 Å². The van der Waals surface area contributed by atoms with Crippen LogP contribution in [0.5, 0.6) is 0 Å². The van der Waals surface area contributed by atoms with E-state index in [0.29, 0.717) is 13.2 Å². The van der Waals surface area contributed by atoms with Gasteiger partial charge < -0.3 is 10.5 Å². The van der Waals surface area contributed by atoms with E-state index in [1.165, 1.54) is 0 Å². The second-order valence-electron chi connectivity index (χ2n) is 4.00. The zero-order valence-corrected chi connectivity index (χ0v) is 8.45. The van der Waals surface area contributed by atoms with Crippen LogP contribution >= 0.6 is 0 Å². The Morgan fingerprint density at radius 3 is 2.77 bits per heavy atom. The lowest BCUT2D eigenvalue weighted by Gasteiger charge is -2.17. The van der Waals surface area contributed by atoms with Crippen LogP contribution in [0.25, 0.3) is 0 Å². The number of rotatable bonds is 4. The van der Waals surface area contributed by atoms with Crippen molar-refractivity contribution in [3.8, 4) is 0 Å². The Bertz CT molecular complexity index is 262. The third-order valence-electron chi connectivity index (χ3n) is 1.50. The van der Waals surface area contributed by atoms with Crippen LogP contribution in [0, 0.1) is 0 Å². The molecule has 0 bridgehead atoms. The molecule has 0 amide bonds. The van der Waals surface area contributed by atoms with Crippen LogP contribution in [0.15, 0.2) is 12.4 Å². The SMILES string of the molecule is Cn1cc(COCC(C)(C)N)cn1. The average Bonchev–Trinajstić information content (AvgIpc) is 2.33. The summed E-state index contributed by atoms with van der Waals surface area (Å²) in [6.07, 6.45) is 3.73. The van der Waals surface area contributed by atoms with E-state index < -0.39 is 0 Å². The van der Waals surface area contributed by atoms with Gasteiger partial charge >= 0.3 is 0 Å². The lowest BCUT2D eigenvalue weighted by molar-refractivity contribution is 0.0850. The van der Waals surface area contributed by atoms with Gasteiger partial charge in [0.15, 0.2) is 0 Å². The molecule has 13 heavy (non-hydrogen) atoms. The Balaban J connectivity index is 2.28. The summed E-state index contributed by atoms with van der Waals surface area (Å²) in [4.78, 5) is 0. The zero-order valence-electron chi connectivity index (χ0n) is 8.45. The molecule has 4 nitrogen and oxygen atoms in total. The molecule has 4 heteroatoms. The minimum absolute atomic E-state index is 0.262. The molecule has 0 atom stereocenters. The molecule has 0 unspecified atom stereocenters. The molecule has 0 saturated carbocycles. The maximum Gasteiger partial charge on any atom is 0.0748 e. The van der Waals surface area contributed by atoms with Gasteiger partial charge in [-0.2, -0.15) is 5.10 Å². The molecule has 0 fully saturated rings. The summed E-state index contributed by atoms with van der Waals surface area (Å²) in [5, 5.41) is 4.04. The van der Waals surface area contributed by atoms with E-state index >= 15 is 0 Å². The summed E-state index contributed by atoms with van der Waals surface area (Å²) in [6, 6.07) is 0. The van der Waals surface area contributed by atoms with Crippen molar-refractivity contribution in [3.63, 3.8) is 0 Å². The number of aryl methyl sites for hydroxylation is 1. The highest BCUT2D eigenvalue weighted by Gasteiger charge is 2.10. The first-order valence-electron chi connectivity index (χ1n) is 4.31. The van der Waals surface area contributed by atoms with Crippen LogP contribution in [0.2, 0.25) is 0 Å². The summed E-state index contributed by atoms with van der Waals surface area (Å²) in [5.41, 5.74) is 6.57. The van der Waals surface area contributed by atoms with Gasteiger partial charge in [0, 0.05) is 24.3 Å². The summed E-state index contributed by atoms with van der Waals surface area (Å²) >= 11 is 0. The Labute approximate surface area is 78.7 Å². The predicted molar refractivity (Wildman–Crippen MR) is 51.1 cm³/mol. The molecular weight excluding hydrogens is 166 g/mol. The molecule has 2 N–H and O–H groups in total. The molecule has 0 radical (unpaired) electrons. The highest BCUT2D eigenvalue weighted by molar-refractivity contribution is 5.01. The molecule has 0 aromatic carbocycles. The topological polar surface area (TPSA) is 53.1 Å². The fraction of sp³-hybridized carbons (Fsp3) is 0.667. The van der Waals surface area contributed by atoms with Gasteiger partial charge in [-0.05, 0) is 13.8 Å². The molecule has 74 valence electrons. The molecule has 0 saturated heterocycles. The average molecular weight is 183 g/mol. The normalized spacial score (nSPS) is 12.0. The summed E-state index contributed by atoms with van der Waals surface area (Å²) in [5.74, 6) is 0. The van der Waals surface area contributed by atoms with Crippen molar-refractivity contribution >= 4 is 0 Å². The largest absolute Gasteiger partial charge is 0.375 e. The van der Waals surface area contributed by atoms with Crippen LogP contribution < -0.4 is 5.73 Å². The first-order valence-corrected chi connectivity index (χ1v) is 4.31. The molecule has 0 aliphatic carbocycles. The van der Waals surface area contributed by atoms with Gasteiger partial charge in [-0.15, -0.1) is 0 Å². The summed E-state index contributed by atoms with van der Waals surface area (Å²) in [6.45, 7) is 5.02. The monoisotopic (exact) mass is 183 g/mol. The maximum atomic E-state index is 5.76. The zero-order chi connectivity index (χ0) is 9.90. The van der Waals surface area contributed by atoms with E-state index in [-0.39, 0.29) is 5.54 Å². The summed E-state index contributed by atoms with van der Waals surface area (Å²) < 4.78 is 7.18. The van der Waals surface area contributed by atoms with Crippen molar-refractivity contribution in [1.82, 2.24) is 9.78 Å². The third-order valence-corrected chi connectivity index (χ3v) is 1.50. The van der Waals surface area contributed by atoms with Crippen LogP contribution in [0.4, 0.5) is 0 Å². The minimum atomic E-state index is -0.262. The number of nitrogens with two attached hydrogens (primary N) is 1. The Morgan fingerprint density at radius 1 is 1.62 bits per heavy atom. The predicted octanol–water partition coefficient (Wildman–Crippen LogP) is 0.674. The fourth-order valence-electron chi connectivity index (χ4n) is 0.978. The van der Waals surface area contributed by atoms with E-state index in [0.717, 1.165) is 5.56 Å². The van der Waals surface area contributed by atoms with E-state index in [1.54, 1.807) is 10.9 Å². The molecular formula is C9H17N3O. The van der Waals surface area contributed by atoms with Gasteiger partial charge in [-0.3, -0.25) is 4.68 Å². The molecule has 0 aliphatic rings.